The van der Waals surface area contributed by atoms with Crippen molar-refractivity contribution in [2.24, 2.45) is 0 Å². The number of hydrogen-bond donors (Lipinski definition) is 1. The molecular weight excluding hydrogens is 346 g/mol. The molecule has 0 atom stereocenters. The zero-order chi connectivity index (χ0) is 15.2. The van der Waals surface area contributed by atoms with Crippen LogP contribution in [0.2, 0.25) is 0 Å². The fourth-order valence-corrected chi connectivity index (χ4v) is 3.34. The average Bonchev–Trinajstić information content (AvgIpc) is 2.37. The summed E-state index contributed by atoms with van der Waals surface area (Å²) in [7, 11) is 0. The topological polar surface area (TPSA) is 29.1 Å². The number of rotatable bonds is 5. The van der Waals surface area contributed by atoms with Gasteiger partial charge in [0.05, 0.1) is 5.75 Å². The van der Waals surface area contributed by atoms with Gasteiger partial charge >= 0.3 is 0 Å². The number of anilines is 1. The van der Waals surface area contributed by atoms with Crippen molar-refractivity contribution in [3.05, 3.63) is 63.6 Å². The van der Waals surface area contributed by atoms with Crippen molar-refractivity contribution in [3.63, 3.8) is 0 Å². The van der Waals surface area contributed by atoms with Gasteiger partial charge in [-0.3, -0.25) is 4.79 Å². The molecule has 0 aromatic heterocycles. The second-order valence-electron chi connectivity index (χ2n) is 5.05. The van der Waals surface area contributed by atoms with E-state index in [2.05, 4.69) is 53.3 Å². The second-order valence-corrected chi connectivity index (χ2v) is 6.95. The predicted octanol–water partition coefficient (Wildman–Crippen LogP) is 4.94. The maximum atomic E-state index is 11.9. The van der Waals surface area contributed by atoms with Crippen molar-refractivity contribution in [2.75, 3.05) is 11.1 Å². The molecule has 0 saturated heterocycles. The van der Waals surface area contributed by atoms with Gasteiger partial charge in [-0.2, -0.15) is 0 Å². The molecular formula is C17H18BrNOS. The van der Waals surface area contributed by atoms with Crippen molar-refractivity contribution >= 4 is 39.3 Å². The molecule has 4 heteroatoms. The summed E-state index contributed by atoms with van der Waals surface area (Å²) in [5.41, 5.74) is 4.63. The standard InChI is InChI=1S/C17H18BrNOS/c1-12-6-13(2)8-14(7-12)10-21-11-17(20)19-16-5-3-4-15(18)9-16/h3-9H,10-11H2,1-2H3,(H,19,20). The van der Waals surface area contributed by atoms with Crippen LogP contribution < -0.4 is 5.32 Å². The molecule has 2 aromatic carbocycles. The molecule has 0 fully saturated rings. The van der Waals surface area contributed by atoms with Gasteiger partial charge < -0.3 is 5.32 Å². The number of carbonyl (C=O) groups excluding carboxylic acids is 1. The van der Waals surface area contributed by atoms with Crippen LogP contribution in [0, 0.1) is 13.8 Å². The van der Waals surface area contributed by atoms with Crippen LogP contribution in [-0.4, -0.2) is 11.7 Å². The fraction of sp³-hybridized carbons (Fsp3) is 0.235. The SMILES string of the molecule is Cc1cc(C)cc(CSCC(=O)Nc2cccc(Br)c2)c1. The molecule has 2 nitrogen and oxygen atoms in total. The summed E-state index contributed by atoms with van der Waals surface area (Å²) in [5, 5.41) is 2.90. The monoisotopic (exact) mass is 363 g/mol. The highest BCUT2D eigenvalue weighted by molar-refractivity contribution is 9.10. The van der Waals surface area contributed by atoms with Gasteiger partial charge in [0.25, 0.3) is 0 Å². The average molecular weight is 364 g/mol. The molecule has 0 bridgehead atoms. The van der Waals surface area contributed by atoms with E-state index in [0.717, 1.165) is 15.9 Å². The number of benzene rings is 2. The molecule has 0 aliphatic rings. The van der Waals surface area contributed by atoms with E-state index in [1.165, 1.54) is 16.7 Å². The first kappa shape index (κ1) is 16.1. The Morgan fingerprint density at radius 3 is 2.52 bits per heavy atom. The fourth-order valence-electron chi connectivity index (χ4n) is 2.18. The quantitative estimate of drug-likeness (QED) is 0.814. The Labute approximate surface area is 138 Å². The van der Waals surface area contributed by atoms with E-state index < -0.39 is 0 Å². The van der Waals surface area contributed by atoms with Crippen LogP contribution in [0.15, 0.2) is 46.9 Å². The summed E-state index contributed by atoms with van der Waals surface area (Å²) >= 11 is 5.02. The van der Waals surface area contributed by atoms with Crippen LogP contribution in [0.3, 0.4) is 0 Å². The molecule has 0 spiro atoms. The summed E-state index contributed by atoms with van der Waals surface area (Å²) in [5.74, 6) is 1.34. The number of carbonyl (C=O) groups is 1. The molecule has 0 aliphatic carbocycles. The van der Waals surface area contributed by atoms with Gasteiger partial charge in [0.1, 0.15) is 0 Å². The van der Waals surface area contributed by atoms with Crippen molar-refractivity contribution in [3.8, 4) is 0 Å². The van der Waals surface area contributed by atoms with Gasteiger partial charge in [-0.25, -0.2) is 0 Å². The summed E-state index contributed by atoms with van der Waals surface area (Å²) in [6, 6.07) is 14.1. The Balaban J connectivity index is 1.81. The van der Waals surface area contributed by atoms with Gasteiger partial charge in [-0.1, -0.05) is 51.3 Å². The first-order valence-electron chi connectivity index (χ1n) is 6.73. The lowest BCUT2D eigenvalue weighted by atomic mass is 10.1. The van der Waals surface area contributed by atoms with Gasteiger partial charge in [0.15, 0.2) is 0 Å². The highest BCUT2D eigenvalue weighted by Gasteiger charge is 2.04. The molecule has 0 radical (unpaired) electrons. The minimum atomic E-state index is 0.0301. The van der Waals surface area contributed by atoms with Crippen LogP contribution in [0.4, 0.5) is 5.69 Å². The number of hydrogen-bond acceptors (Lipinski definition) is 2. The van der Waals surface area contributed by atoms with Gasteiger partial charge in [-0.15, -0.1) is 11.8 Å². The first-order valence-corrected chi connectivity index (χ1v) is 8.68. The second kappa shape index (κ2) is 7.66. The predicted molar refractivity (Wildman–Crippen MR) is 94.8 cm³/mol. The van der Waals surface area contributed by atoms with Crippen molar-refractivity contribution in [2.45, 2.75) is 19.6 Å². The van der Waals surface area contributed by atoms with Crippen LogP contribution in [-0.2, 0) is 10.5 Å². The van der Waals surface area contributed by atoms with E-state index in [9.17, 15) is 4.79 Å². The van der Waals surface area contributed by atoms with E-state index in [1.54, 1.807) is 11.8 Å². The Bertz CT molecular complexity index is 622. The maximum absolute atomic E-state index is 11.9. The maximum Gasteiger partial charge on any atom is 0.234 e. The molecule has 2 aromatic rings. The molecule has 0 saturated carbocycles. The zero-order valence-electron chi connectivity index (χ0n) is 12.2. The zero-order valence-corrected chi connectivity index (χ0v) is 14.6. The van der Waals surface area contributed by atoms with E-state index in [0.29, 0.717) is 5.75 Å². The van der Waals surface area contributed by atoms with Gasteiger partial charge in [0.2, 0.25) is 5.91 Å². The third-order valence-corrected chi connectivity index (χ3v) is 4.39. The lowest BCUT2D eigenvalue weighted by Crippen LogP contribution is -2.14. The number of thioether (sulfide) groups is 1. The Hall–Kier alpha value is -1.26. The third kappa shape index (κ3) is 5.56. The number of amides is 1. The summed E-state index contributed by atoms with van der Waals surface area (Å²) in [4.78, 5) is 11.9. The minimum Gasteiger partial charge on any atom is -0.325 e. The van der Waals surface area contributed by atoms with Crippen LogP contribution in [0.25, 0.3) is 0 Å². The highest BCUT2D eigenvalue weighted by atomic mass is 79.9. The normalized spacial score (nSPS) is 10.4. The highest BCUT2D eigenvalue weighted by Crippen LogP contribution is 2.18. The van der Waals surface area contributed by atoms with Crippen molar-refractivity contribution in [1.29, 1.82) is 0 Å². The van der Waals surface area contributed by atoms with Gasteiger partial charge in [-0.05, 0) is 37.6 Å². The molecule has 2 rings (SSSR count). The van der Waals surface area contributed by atoms with E-state index in [-0.39, 0.29) is 5.91 Å². The lowest BCUT2D eigenvalue weighted by Gasteiger charge is -2.07. The molecule has 1 amide bonds. The molecule has 21 heavy (non-hydrogen) atoms. The third-order valence-electron chi connectivity index (χ3n) is 2.89. The summed E-state index contributed by atoms with van der Waals surface area (Å²) < 4.78 is 0.961. The summed E-state index contributed by atoms with van der Waals surface area (Å²) in [6.07, 6.45) is 0. The summed E-state index contributed by atoms with van der Waals surface area (Å²) in [6.45, 7) is 4.20. The van der Waals surface area contributed by atoms with Crippen molar-refractivity contribution in [1.82, 2.24) is 0 Å². The Morgan fingerprint density at radius 2 is 1.86 bits per heavy atom. The van der Waals surface area contributed by atoms with Crippen LogP contribution in [0.1, 0.15) is 16.7 Å². The molecule has 110 valence electrons. The molecule has 0 unspecified atom stereocenters. The number of nitrogens with one attached hydrogen (secondary N) is 1. The van der Waals surface area contributed by atoms with E-state index in [4.69, 9.17) is 0 Å². The Morgan fingerprint density at radius 1 is 1.14 bits per heavy atom. The number of halogens is 1. The number of aryl methyl sites for hydroxylation is 2. The van der Waals surface area contributed by atoms with E-state index >= 15 is 0 Å². The van der Waals surface area contributed by atoms with Crippen LogP contribution >= 0.6 is 27.7 Å². The lowest BCUT2D eigenvalue weighted by molar-refractivity contribution is -0.113. The first-order chi connectivity index (χ1) is 10.0. The molecule has 0 heterocycles. The van der Waals surface area contributed by atoms with Gasteiger partial charge in [0, 0.05) is 15.9 Å². The van der Waals surface area contributed by atoms with E-state index in [1.807, 2.05) is 24.3 Å². The molecule has 0 aliphatic heterocycles. The minimum absolute atomic E-state index is 0.0301. The molecule has 1 N–H and O–H groups in total. The Kier molecular flexibility index (Phi) is 5.88. The van der Waals surface area contributed by atoms with Crippen LogP contribution in [0.5, 0.6) is 0 Å². The smallest absolute Gasteiger partial charge is 0.234 e. The largest absolute Gasteiger partial charge is 0.325 e. The van der Waals surface area contributed by atoms with Crippen molar-refractivity contribution < 1.29 is 4.79 Å².